The highest BCUT2D eigenvalue weighted by Gasteiger charge is 2.06. The Bertz CT molecular complexity index is 470. The maximum absolute atomic E-state index is 8.91. The second kappa shape index (κ2) is 8.88. The minimum atomic E-state index is 0.226. The molecule has 100 valence electrons. The summed E-state index contributed by atoms with van der Waals surface area (Å²) in [4.78, 5) is 7.95. The van der Waals surface area contributed by atoms with Crippen LogP contribution in [0.2, 0.25) is 0 Å². The molecule has 0 amide bonds. The molecule has 0 atom stereocenters. The zero-order valence-corrected chi connectivity index (χ0v) is 11.3. The average molecular weight is 257 g/mol. The molecule has 1 heterocycles. The van der Waals surface area contributed by atoms with Gasteiger partial charge in [-0.2, -0.15) is 10.5 Å². The van der Waals surface area contributed by atoms with Crippen LogP contribution in [0.15, 0.2) is 6.20 Å². The van der Waals surface area contributed by atoms with Gasteiger partial charge in [0.1, 0.15) is 12.1 Å². The summed E-state index contributed by atoms with van der Waals surface area (Å²) < 4.78 is 0. The van der Waals surface area contributed by atoms with E-state index in [9.17, 15) is 0 Å². The molecule has 0 radical (unpaired) electrons. The zero-order valence-electron chi connectivity index (χ0n) is 11.3. The minimum Gasteiger partial charge on any atom is -0.368 e. The lowest BCUT2D eigenvalue weighted by Crippen LogP contribution is -2.07. The number of rotatable bonds is 8. The fourth-order valence-corrected chi connectivity index (χ4v) is 1.76. The van der Waals surface area contributed by atoms with Gasteiger partial charge >= 0.3 is 0 Å². The van der Waals surface area contributed by atoms with Gasteiger partial charge in [-0.3, -0.25) is 0 Å². The van der Waals surface area contributed by atoms with Crippen molar-refractivity contribution in [3.63, 3.8) is 0 Å². The van der Waals surface area contributed by atoms with Crippen LogP contribution in [0.1, 0.15) is 56.8 Å². The van der Waals surface area contributed by atoms with Crippen molar-refractivity contribution in [1.82, 2.24) is 9.97 Å². The van der Waals surface area contributed by atoms with Gasteiger partial charge in [0.15, 0.2) is 17.2 Å². The standard InChI is InChI=1S/C14H19N5/c1-2-3-4-5-6-7-8-17-14-13(10-16)18-11-12(9-15)19-14/h11H,2-8H2,1H3,(H,17,19). The minimum absolute atomic E-state index is 0.226. The first-order valence-electron chi connectivity index (χ1n) is 6.73. The number of unbranched alkanes of at least 4 members (excludes halogenated alkanes) is 5. The van der Waals surface area contributed by atoms with Crippen molar-refractivity contribution >= 4 is 5.82 Å². The molecule has 1 rings (SSSR count). The van der Waals surface area contributed by atoms with E-state index in [0.717, 1.165) is 13.0 Å². The monoisotopic (exact) mass is 257 g/mol. The first kappa shape index (κ1) is 14.9. The largest absolute Gasteiger partial charge is 0.368 e. The maximum Gasteiger partial charge on any atom is 0.183 e. The second-order valence-corrected chi connectivity index (χ2v) is 4.37. The molecule has 0 fully saturated rings. The van der Waals surface area contributed by atoms with Crippen LogP contribution in [0.3, 0.4) is 0 Å². The van der Waals surface area contributed by atoms with E-state index < -0.39 is 0 Å². The van der Waals surface area contributed by atoms with Gasteiger partial charge in [0.25, 0.3) is 0 Å². The smallest absolute Gasteiger partial charge is 0.183 e. The van der Waals surface area contributed by atoms with Crippen LogP contribution in [-0.4, -0.2) is 16.5 Å². The molecule has 0 aliphatic rings. The summed E-state index contributed by atoms with van der Waals surface area (Å²) in [5.74, 6) is 0.412. The summed E-state index contributed by atoms with van der Waals surface area (Å²) in [5.41, 5.74) is 0.467. The number of nitriles is 2. The van der Waals surface area contributed by atoms with Crippen LogP contribution in [0, 0.1) is 22.7 Å². The summed E-state index contributed by atoms with van der Waals surface area (Å²) in [6.07, 6.45) is 8.58. The molecule has 1 aromatic rings. The second-order valence-electron chi connectivity index (χ2n) is 4.37. The van der Waals surface area contributed by atoms with Gasteiger partial charge in [-0.25, -0.2) is 9.97 Å². The van der Waals surface area contributed by atoms with Gasteiger partial charge in [-0.15, -0.1) is 0 Å². The van der Waals surface area contributed by atoms with Crippen molar-refractivity contribution in [2.75, 3.05) is 11.9 Å². The van der Waals surface area contributed by atoms with E-state index in [1.54, 1.807) is 0 Å². The van der Waals surface area contributed by atoms with E-state index in [1.165, 1.54) is 38.3 Å². The van der Waals surface area contributed by atoms with Gasteiger partial charge in [0.05, 0.1) is 6.20 Å². The highest BCUT2D eigenvalue weighted by atomic mass is 15.0. The van der Waals surface area contributed by atoms with Crippen molar-refractivity contribution in [3.05, 3.63) is 17.6 Å². The van der Waals surface area contributed by atoms with E-state index >= 15 is 0 Å². The van der Waals surface area contributed by atoms with Gasteiger partial charge in [0, 0.05) is 6.54 Å². The third-order valence-corrected chi connectivity index (χ3v) is 2.82. The van der Waals surface area contributed by atoms with Gasteiger partial charge in [0.2, 0.25) is 0 Å². The molecule has 0 bridgehead atoms. The van der Waals surface area contributed by atoms with Gasteiger partial charge < -0.3 is 5.32 Å². The first-order chi connectivity index (χ1) is 9.31. The van der Waals surface area contributed by atoms with Gasteiger partial charge in [-0.1, -0.05) is 39.0 Å². The molecule has 5 nitrogen and oxygen atoms in total. The van der Waals surface area contributed by atoms with E-state index in [1.807, 2.05) is 12.1 Å². The molecule has 1 N–H and O–H groups in total. The van der Waals surface area contributed by atoms with Crippen LogP contribution in [0.4, 0.5) is 5.82 Å². The Kier molecular flexibility index (Phi) is 6.97. The van der Waals surface area contributed by atoms with Gasteiger partial charge in [-0.05, 0) is 6.42 Å². The first-order valence-corrected chi connectivity index (χ1v) is 6.73. The third-order valence-electron chi connectivity index (χ3n) is 2.82. The van der Waals surface area contributed by atoms with Crippen LogP contribution in [0.5, 0.6) is 0 Å². The summed E-state index contributed by atoms with van der Waals surface area (Å²) in [7, 11) is 0. The summed E-state index contributed by atoms with van der Waals surface area (Å²) in [6, 6.07) is 3.89. The van der Waals surface area contributed by atoms with E-state index in [0.29, 0.717) is 5.82 Å². The normalized spacial score (nSPS) is 9.63. The molecular formula is C14H19N5. The number of hydrogen-bond acceptors (Lipinski definition) is 5. The topological polar surface area (TPSA) is 85.4 Å². The number of aromatic nitrogens is 2. The zero-order chi connectivity index (χ0) is 13.9. The molecule has 19 heavy (non-hydrogen) atoms. The molecule has 0 unspecified atom stereocenters. The maximum atomic E-state index is 8.91. The van der Waals surface area contributed by atoms with E-state index in [2.05, 4.69) is 22.2 Å². The number of hydrogen-bond donors (Lipinski definition) is 1. The van der Waals surface area contributed by atoms with E-state index in [4.69, 9.17) is 10.5 Å². The number of anilines is 1. The summed E-state index contributed by atoms with van der Waals surface area (Å²) in [6.45, 7) is 2.95. The van der Waals surface area contributed by atoms with Crippen molar-refractivity contribution < 1.29 is 0 Å². The van der Waals surface area contributed by atoms with Crippen molar-refractivity contribution in [2.24, 2.45) is 0 Å². The Labute approximate surface area is 114 Å². The lowest BCUT2D eigenvalue weighted by molar-refractivity contribution is 0.616. The molecule has 0 saturated carbocycles. The SMILES string of the molecule is CCCCCCCCNc1nc(C#N)cnc1C#N. The molecular weight excluding hydrogens is 238 g/mol. The molecule has 0 aliphatic heterocycles. The van der Waals surface area contributed by atoms with Crippen LogP contribution >= 0.6 is 0 Å². The van der Waals surface area contributed by atoms with Crippen molar-refractivity contribution in [2.45, 2.75) is 45.4 Å². The Morgan fingerprint density at radius 2 is 1.84 bits per heavy atom. The summed E-state index contributed by atoms with van der Waals surface area (Å²) in [5, 5.41) is 20.7. The Morgan fingerprint density at radius 3 is 2.53 bits per heavy atom. The molecule has 0 aliphatic carbocycles. The van der Waals surface area contributed by atoms with Crippen molar-refractivity contribution in [1.29, 1.82) is 10.5 Å². The van der Waals surface area contributed by atoms with E-state index in [-0.39, 0.29) is 11.4 Å². The third kappa shape index (κ3) is 5.35. The lowest BCUT2D eigenvalue weighted by atomic mass is 10.1. The molecule has 0 saturated heterocycles. The fraction of sp³-hybridized carbons (Fsp3) is 0.571. The summed E-state index contributed by atoms with van der Waals surface area (Å²) >= 11 is 0. The van der Waals surface area contributed by atoms with Crippen molar-refractivity contribution in [3.8, 4) is 12.1 Å². The van der Waals surface area contributed by atoms with Crippen LogP contribution in [0.25, 0.3) is 0 Å². The average Bonchev–Trinajstić information content (AvgIpc) is 2.46. The Hall–Kier alpha value is -2.14. The van der Waals surface area contributed by atoms with Crippen LogP contribution in [-0.2, 0) is 0 Å². The van der Waals surface area contributed by atoms with Crippen LogP contribution < -0.4 is 5.32 Å². The number of nitrogens with zero attached hydrogens (tertiary/aromatic N) is 4. The number of nitrogens with one attached hydrogen (secondary N) is 1. The molecule has 1 aromatic heterocycles. The lowest BCUT2D eigenvalue weighted by Gasteiger charge is -2.06. The fourth-order valence-electron chi connectivity index (χ4n) is 1.76. The molecule has 0 aromatic carbocycles. The Morgan fingerprint density at radius 1 is 1.11 bits per heavy atom. The molecule has 5 heteroatoms. The highest BCUT2D eigenvalue weighted by Crippen LogP contribution is 2.10. The predicted molar refractivity (Wildman–Crippen MR) is 73.3 cm³/mol. The predicted octanol–water partition coefficient (Wildman–Crippen LogP) is 2.99. The Balaban J connectivity index is 2.36. The quantitative estimate of drug-likeness (QED) is 0.723. The highest BCUT2D eigenvalue weighted by molar-refractivity contribution is 5.48. The molecule has 0 spiro atoms.